The lowest BCUT2D eigenvalue weighted by molar-refractivity contribution is 0.403. The summed E-state index contributed by atoms with van der Waals surface area (Å²) in [5.41, 5.74) is 14.5. The zero-order chi connectivity index (χ0) is 42.2. The van der Waals surface area contributed by atoms with Gasteiger partial charge < -0.3 is 4.90 Å². The van der Waals surface area contributed by atoms with Gasteiger partial charge in [-0.3, -0.25) is 0 Å². The van der Waals surface area contributed by atoms with E-state index >= 15 is 0 Å². The predicted molar refractivity (Wildman–Crippen MR) is 274 cm³/mol. The van der Waals surface area contributed by atoms with E-state index in [2.05, 4.69) is 223 Å². The molecule has 0 saturated heterocycles. The third kappa shape index (κ3) is 5.74. The standard InChI is InChI=1S/C61H45NS2/c1-3-16-42(17-4-1)61(43-18-5-2-6-19-43)53-27-10-7-22-52(53)58-54(61)28-15-29-55(58)62(44-36-32-40(33-37-44)46-23-13-25-50-48-20-8-11-30-56(48)63-59(46)50)45-38-34-41(35-39-45)47-24-14-26-51-49-21-9-12-31-57(49)64-60(47)51/h1-9,11-23,25-26,28-39,47,54,58H,10,24,27H2. The van der Waals surface area contributed by atoms with Crippen molar-refractivity contribution in [1.29, 1.82) is 0 Å². The van der Waals surface area contributed by atoms with Crippen molar-refractivity contribution in [1.82, 2.24) is 0 Å². The van der Waals surface area contributed by atoms with Crippen LogP contribution in [-0.2, 0) is 5.41 Å². The molecule has 64 heavy (non-hydrogen) atoms. The molecule has 0 spiro atoms. The molecule has 3 unspecified atom stereocenters. The van der Waals surface area contributed by atoms with Gasteiger partial charge in [0, 0.05) is 70.0 Å². The number of benzene rings is 7. The average molecular weight is 856 g/mol. The second-order valence-electron chi connectivity index (χ2n) is 17.7. The minimum absolute atomic E-state index is 0.146. The molecule has 0 fully saturated rings. The smallest absolute Gasteiger partial charge is 0.0489 e. The molecule has 0 saturated carbocycles. The van der Waals surface area contributed by atoms with Crippen LogP contribution in [0.1, 0.15) is 52.3 Å². The molecule has 13 rings (SSSR count). The van der Waals surface area contributed by atoms with Gasteiger partial charge in [-0.05, 0) is 106 Å². The van der Waals surface area contributed by atoms with E-state index < -0.39 is 0 Å². The Morgan fingerprint density at radius 3 is 1.97 bits per heavy atom. The van der Waals surface area contributed by atoms with Crippen molar-refractivity contribution >= 4 is 70.4 Å². The summed E-state index contributed by atoms with van der Waals surface area (Å²) in [6, 6.07) is 66.2. The number of anilines is 2. The van der Waals surface area contributed by atoms with E-state index in [9.17, 15) is 0 Å². The SMILES string of the molecule is C1=CC2C(C(N(c3ccc(-c4cccc5c4sc4ccccc45)cc3)c3ccc(C4CC=Cc5c4sc4ccccc54)cc3)=C1)C1=C(CCC=C1)C2(c1ccccc1)c1ccccc1. The summed E-state index contributed by atoms with van der Waals surface area (Å²) in [6.07, 6.45) is 20.0. The minimum atomic E-state index is -0.290. The van der Waals surface area contributed by atoms with Crippen LogP contribution in [0.3, 0.4) is 0 Å². The molecule has 2 heterocycles. The first-order valence-electron chi connectivity index (χ1n) is 22.7. The van der Waals surface area contributed by atoms with E-state index in [1.807, 2.05) is 22.7 Å². The number of hydrogen-bond acceptors (Lipinski definition) is 3. The van der Waals surface area contributed by atoms with Crippen LogP contribution in [-0.4, -0.2) is 0 Å². The zero-order valence-electron chi connectivity index (χ0n) is 35.4. The van der Waals surface area contributed by atoms with Crippen molar-refractivity contribution in [2.45, 2.75) is 30.6 Å². The van der Waals surface area contributed by atoms with Crippen molar-refractivity contribution in [3.8, 4) is 11.1 Å². The van der Waals surface area contributed by atoms with Crippen LogP contribution >= 0.6 is 22.7 Å². The van der Waals surface area contributed by atoms with E-state index in [0.717, 1.165) is 19.3 Å². The molecular formula is C61H45NS2. The van der Waals surface area contributed by atoms with Crippen LogP contribution in [0, 0.1) is 11.8 Å². The number of thiophene rings is 2. The van der Waals surface area contributed by atoms with Crippen LogP contribution in [0.25, 0.3) is 47.5 Å². The third-order valence-corrected chi connectivity index (χ3v) is 17.0. The minimum Gasteiger partial charge on any atom is -0.314 e. The van der Waals surface area contributed by atoms with Crippen LogP contribution in [0.5, 0.6) is 0 Å². The van der Waals surface area contributed by atoms with Crippen molar-refractivity contribution < 1.29 is 0 Å². The van der Waals surface area contributed by atoms with E-state index in [4.69, 9.17) is 0 Å². The predicted octanol–water partition coefficient (Wildman–Crippen LogP) is 17.0. The maximum absolute atomic E-state index is 2.58. The van der Waals surface area contributed by atoms with Crippen molar-refractivity contribution in [2.75, 3.05) is 4.90 Å². The Labute approximate surface area is 383 Å². The van der Waals surface area contributed by atoms with Gasteiger partial charge in [0.1, 0.15) is 0 Å². The summed E-state index contributed by atoms with van der Waals surface area (Å²) < 4.78 is 4.05. The Balaban J connectivity index is 0.960. The summed E-state index contributed by atoms with van der Waals surface area (Å²) in [6.45, 7) is 0. The van der Waals surface area contributed by atoms with Gasteiger partial charge in [-0.25, -0.2) is 0 Å². The van der Waals surface area contributed by atoms with Crippen LogP contribution in [0.2, 0.25) is 0 Å². The lowest BCUT2D eigenvalue weighted by Crippen LogP contribution is -2.39. The van der Waals surface area contributed by atoms with Crippen LogP contribution < -0.4 is 4.90 Å². The molecule has 7 aromatic carbocycles. The molecule has 2 aromatic heterocycles. The summed E-state index contributed by atoms with van der Waals surface area (Å²) in [5.74, 6) is 0.676. The van der Waals surface area contributed by atoms with Gasteiger partial charge in [0.2, 0.25) is 0 Å². The van der Waals surface area contributed by atoms with Gasteiger partial charge in [0.25, 0.3) is 0 Å². The first kappa shape index (κ1) is 37.7. The second kappa shape index (κ2) is 15.2. The van der Waals surface area contributed by atoms with Crippen molar-refractivity contribution in [3.63, 3.8) is 0 Å². The molecule has 3 heteroatoms. The largest absolute Gasteiger partial charge is 0.314 e. The number of fused-ring (bicyclic) bond motifs is 8. The molecule has 4 aliphatic rings. The molecule has 4 aliphatic carbocycles. The lowest BCUT2D eigenvalue weighted by atomic mass is 9.61. The zero-order valence-corrected chi connectivity index (χ0v) is 37.0. The fourth-order valence-electron chi connectivity index (χ4n) is 11.8. The normalized spacial score (nSPS) is 19.5. The molecule has 0 N–H and O–H groups in total. The Bertz CT molecular complexity index is 3370. The van der Waals surface area contributed by atoms with Crippen molar-refractivity contribution in [3.05, 3.63) is 256 Å². The quantitative estimate of drug-likeness (QED) is 0.154. The summed E-state index contributed by atoms with van der Waals surface area (Å²) in [7, 11) is 0. The summed E-state index contributed by atoms with van der Waals surface area (Å²) >= 11 is 3.86. The average Bonchev–Trinajstić information content (AvgIpc) is 4.04. The fourth-order valence-corrected chi connectivity index (χ4v) is 14.4. The van der Waals surface area contributed by atoms with E-state index in [1.165, 1.54) is 91.2 Å². The molecule has 0 aliphatic heterocycles. The highest BCUT2D eigenvalue weighted by Gasteiger charge is 2.56. The number of rotatable bonds is 7. The van der Waals surface area contributed by atoms with Crippen LogP contribution in [0.4, 0.5) is 11.4 Å². The maximum atomic E-state index is 2.58. The molecular weight excluding hydrogens is 811 g/mol. The highest BCUT2D eigenvalue weighted by atomic mass is 32.1. The second-order valence-corrected chi connectivity index (χ2v) is 19.9. The van der Waals surface area contributed by atoms with E-state index in [0.29, 0.717) is 5.92 Å². The molecule has 0 bridgehead atoms. The number of nitrogens with zero attached hydrogens (tertiary/aromatic N) is 1. The molecule has 0 radical (unpaired) electrons. The maximum Gasteiger partial charge on any atom is 0.0489 e. The highest BCUT2D eigenvalue weighted by Crippen LogP contribution is 2.62. The first-order valence-corrected chi connectivity index (χ1v) is 24.4. The lowest BCUT2D eigenvalue weighted by Gasteiger charge is -2.43. The summed E-state index contributed by atoms with van der Waals surface area (Å²) in [4.78, 5) is 4.06. The molecule has 9 aromatic rings. The Kier molecular flexibility index (Phi) is 8.96. The first-order chi connectivity index (χ1) is 31.8. The molecule has 3 atom stereocenters. The number of hydrogen-bond donors (Lipinski definition) is 0. The van der Waals surface area contributed by atoms with Gasteiger partial charge in [0.05, 0.1) is 0 Å². The topological polar surface area (TPSA) is 3.24 Å². The Morgan fingerprint density at radius 2 is 1.22 bits per heavy atom. The monoisotopic (exact) mass is 855 g/mol. The van der Waals surface area contributed by atoms with Crippen molar-refractivity contribution in [2.24, 2.45) is 11.8 Å². The molecule has 0 amide bonds. The van der Waals surface area contributed by atoms with Gasteiger partial charge in [-0.2, -0.15) is 0 Å². The highest BCUT2D eigenvalue weighted by molar-refractivity contribution is 7.26. The molecule has 306 valence electrons. The van der Waals surface area contributed by atoms with Gasteiger partial charge in [-0.1, -0.05) is 182 Å². The molecule has 1 nitrogen and oxygen atoms in total. The Morgan fingerprint density at radius 1 is 0.562 bits per heavy atom. The number of allylic oxidation sites excluding steroid dienone is 8. The third-order valence-electron chi connectivity index (χ3n) is 14.5. The van der Waals surface area contributed by atoms with Crippen LogP contribution in [0.15, 0.2) is 229 Å². The van der Waals surface area contributed by atoms with Gasteiger partial charge >= 0.3 is 0 Å². The van der Waals surface area contributed by atoms with E-state index in [1.54, 1.807) is 5.57 Å². The van der Waals surface area contributed by atoms with Gasteiger partial charge in [0.15, 0.2) is 0 Å². The summed E-state index contributed by atoms with van der Waals surface area (Å²) in [5, 5.41) is 4.03. The van der Waals surface area contributed by atoms with Gasteiger partial charge in [-0.15, -0.1) is 22.7 Å². The Hall–Kier alpha value is -6.78. The van der Waals surface area contributed by atoms with E-state index in [-0.39, 0.29) is 17.3 Å². The fraction of sp³-hybridized carbons (Fsp3) is 0.115.